The van der Waals surface area contributed by atoms with Crippen molar-refractivity contribution in [2.24, 2.45) is 5.84 Å². The second kappa shape index (κ2) is 4.38. The van der Waals surface area contributed by atoms with Gasteiger partial charge < -0.3 is 4.98 Å². The van der Waals surface area contributed by atoms with E-state index in [1.807, 2.05) is 0 Å². The molecule has 0 aliphatic carbocycles. The summed E-state index contributed by atoms with van der Waals surface area (Å²) >= 11 is 0. The molecule has 0 fully saturated rings. The van der Waals surface area contributed by atoms with Crippen LogP contribution in [0.5, 0.6) is 0 Å². The molecule has 16 heavy (non-hydrogen) atoms. The van der Waals surface area contributed by atoms with Crippen LogP contribution in [0.25, 0.3) is 0 Å². The van der Waals surface area contributed by atoms with Crippen molar-refractivity contribution in [2.75, 3.05) is 0 Å². The van der Waals surface area contributed by atoms with Crippen molar-refractivity contribution in [2.45, 2.75) is 6.04 Å². The summed E-state index contributed by atoms with van der Waals surface area (Å²) in [7, 11) is 0. The number of benzene rings is 1. The molecule has 4 nitrogen and oxygen atoms in total. The highest BCUT2D eigenvalue weighted by Gasteiger charge is 2.18. The zero-order valence-corrected chi connectivity index (χ0v) is 8.24. The summed E-state index contributed by atoms with van der Waals surface area (Å²) in [5.41, 5.74) is 2.66. The summed E-state index contributed by atoms with van der Waals surface area (Å²) < 4.78 is 26.2. The summed E-state index contributed by atoms with van der Waals surface area (Å²) in [5.74, 6) is 4.50. The molecule has 0 amide bonds. The molecule has 0 saturated heterocycles. The third-order valence-electron chi connectivity index (χ3n) is 2.23. The summed E-state index contributed by atoms with van der Waals surface area (Å²) in [5, 5.41) is 0. The molecule has 84 valence electrons. The van der Waals surface area contributed by atoms with Crippen LogP contribution in [0.2, 0.25) is 0 Å². The van der Waals surface area contributed by atoms with Crippen molar-refractivity contribution >= 4 is 0 Å². The molecule has 1 aromatic heterocycles. The number of nitrogens with zero attached hydrogens (tertiary/aromatic N) is 1. The maximum Gasteiger partial charge on any atom is 0.131 e. The molecule has 4 N–H and O–H groups in total. The number of halogens is 2. The first-order valence-corrected chi connectivity index (χ1v) is 4.62. The van der Waals surface area contributed by atoms with E-state index in [9.17, 15) is 8.78 Å². The van der Waals surface area contributed by atoms with Gasteiger partial charge in [0.15, 0.2) is 0 Å². The van der Waals surface area contributed by atoms with Gasteiger partial charge in [-0.1, -0.05) is 6.07 Å². The second-order valence-electron chi connectivity index (χ2n) is 3.24. The van der Waals surface area contributed by atoms with Crippen molar-refractivity contribution in [3.8, 4) is 0 Å². The van der Waals surface area contributed by atoms with Crippen LogP contribution in [-0.2, 0) is 0 Å². The van der Waals surface area contributed by atoms with E-state index in [4.69, 9.17) is 5.84 Å². The van der Waals surface area contributed by atoms with Gasteiger partial charge in [0.2, 0.25) is 0 Å². The molecule has 0 radical (unpaired) electrons. The van der Waals surface area contributed by atoms with E-state index in [0.29, 0.717) is 5.82 Å². The predicted octanol–water partition coefficient (Wildman–Crippen LogP) is 1.24. The fourth-order valence-electron chi connectivity index (χ4n) is 1.49. The van der Waals surface area contributed by atoms with E-state index in [1.165, 1.54) is 18.3 Å². The Labute approximate surface area is 90.5 Å². The molecule has 0 spiro atoms. The number of hydrogen-bond donors (Lipinski definition) is 3. The van der Waals surface area contributed by atoms with Gasteiger partial charge in [0.05, 0.1) is 0 Å². The highest BCUT2D eigenvalue weighted by Crippen LogP contribution is 2.21. The second-order valence-corrected chi connectivity index (χ2v) is 3.24. The summed E-state index contributed by atoms with van der Waals surface area (Å²) in [6, 6.07) is 2.68. The standard InChI is InChI=1S/C10H10F2N4/c11-6-1-2-7(8(12)5-6)9(16-13)10-14-3-4-15-10/h1-5,9,16H,13H2,(H,14,15). The number of hydrogen-bond acceptors (Lipinski definition) is 3. The van der Waals surface area contributed by atoms with Crippen molar-refractivity contribution in [1.82, 2.24) is 15.4 Å². The van der Waals surface area contributed by atoms with Crippen LogP contribution in [0.4, 0.5) is 8.78 Å². The van der Waals surface area contributed by atoms with Gasteiger partial charge in [0.25, 0.3) is 0 Å². The molecule has 0 aliphatic rings. The minimum absolute atomic E-state index is 0.235. The number of imidazole rings is 1. The molecule has 1 aromatic carbocycles. The summed E-state index contributed by atoms with van der Waals surface area (Å²) in [4.78, 5) is 6.78. The SMILES string of the molecule is NNC(c1ncc[nH]1)c1ccc(F)cc1F. The van der Waals surface area contributed by atoms with Crippen molar-refractivity contribution < 1.29 is 8.78 Å². The average molecular weight is 224 g/mol. The van der Waals surface area contributed by atoms with Gasteiger partial charge >= 0.3 is 0 Å². The van der Waals surface area contributed by atoms with Crippen LogP contribution in [0, 0.1) is 11.6 Å². The number of aromatic amines is 1. The summed E-state index contributed by atoms with van der Waals surface area (Å²) in [6.45, 7) is 0. The van der Waals surface area contributed by atoms with Crippen LogP contribution in [0.15, 0.2) is 30.6 Å². The van der Waals surface area contributed by atoms with Gasteiger partial charge in [-0.05, 0) is 6.07 Å². The van der Waals surface area contributed by atoms with Crippen molar-refractivity contribution in [1.29, 1.82) is 0 Å². The highest BCUT2D eigenvalue weighted by atomic mass is 19.1. The number of hydrazine groups is 1. The third-order valence-corrected chi connectivity index (χ3v) is 2.23. The van der Waals surface area contributed by atoms with Gasteiger partial charge in [-0.15, -0.1) is 0 Å². The zero-order valence-electron chi connectivity index (χ0n) is 8.24. The smallest absolute Gasteiger partial charge is 0.131 e. The van der Waals surface area contributed by atoms with E-state index in [0.717, 1.165) is 6.07 Å². The van der Waals surface area contributed by atoms with Gasteiger partial charge in [-0.25, -0.2) is 19.2 Å². The molecule has 0 aliphatic heterocycles. The fraction of sp³-hybridized carbons (Fsp3) is 0.100. The molecular weight excluding hydrogens is 214 g/mol. The third kappa shape index (κ3) is 1.93. The highest BCUT2D eigenvalue weighted by molar-refractivity contribution is 5.26. The quantitative estimate of drug-likeness (QED) is 0.542. The number of aromatic nitrogens is 2. The van der Waals surface area contributed by atoms with Crippen LogP contribution in [-0.4, -0.2) is 9.97 Å². The van der Waals surface area contributed by atoms with Crippen LogP contribution >= 0.6 is 0 Å². The monoisotopic (exact) mass is 224 g/mol. The Morgan fingerprint density at radius 3 is 2.75 bits per heavy atom. The molecule has 1 unspecified atom stereocenters. The maximum absolute atomic E-state index is 13.5. The Balaban J connectivity index is 2.41. The Morgan fingerprint density at radius 2 is 2.19 bits per heavy atom. The Bertz CT molecular complexity index is 470. The minimum Gasteiger partial charge on any atom is -0.347 e. The average Bonchev–Trinajstić information content (AvgIpc) is 2.75. The fourth-order valence-corrected chi connectivity index (χ4v) is 1.49. The van der Waals surface area contributed by atoms with Crippen LogP contribution in [0.1, 0.15) is 17.4 Å². The van der Waals surface area contributed by atoms with Crippen LogP contribution in [0.3, 0.4) is 0 Å². The Hall–Kier alpha value is -1.79. The predicted molar refractivity (Wildman–Crippen MR) is 54.1 cm³/mol. The molecule has 1 heterocycles. The molecule has 2 aromatic rings. The molecule has 6 heteroatoms. The van der Waals surface area contributed by atoms with Crippen molar-refractivity contribution in [3.63, 3.8) is 0 Å². The maximum atomic E-state index is 13.5. The lowest BCUT2D eigenvalue weighted by Crippen LogP contribution is -2.30. The van der Waals surface area contributed by atoms with E-state index < -0.39 is 17.7 Å². The van der Waals surface area contributed by atoms with Gasteiger partial charge in [0.1, 0.15) is 23.5 Å². The Kier molecular flexibility index (Phi) is 2.93. The van der Waals surface area contributed by atoms with E-state index >= 15 is 0 Å². The first kappa shape index (κ1) is 10.7. The van der Waals surface area contributed by atoms with Crippen LogP contribution < -0.4 is 11.3 Å². The lowest BCUT2D eigenvalue weighted by Gasteiger charge is -2.14. The zero-order chi connectivity index (χ0) is 11.5. The largest absolute Gasteiger partial charge is 0.347 e. The van der Waals surface area contributed by atoms with E-state index in [-0.39, 0.29) is 5.56 Å². The van der Waals surface area contributed by atoms with Gasteiger partial charge in [-0.2, -0.15) is 0 Å². The lowest BCUT2D eigenvalue weighted by atomic mass is 10.1. The lowest BCUT2D eigenvalue weighted by molar-refractivity contribution is 0.532. The normalized spacial score (nSPS) is 12.7. The van der Waals surface area contributed by atoms with E-state index in [2.05, 4.69) is 15.4 Å². The number of H-pyrrole nitrogens is 1. The molecule has 1 atom stereocenters. The molecular formula is C10H10F2N4. The van der Waals surface area contributed by atoms with E-state index in [1.54, 1.807) is 6.20 Å². The molecule has 2 rings (SSSR count). The first-order chi connectivity index (χ1) is 7.72. The molecule has 0 bridgehead atoms. The van der Waals surface area contributed by atoms with Gasteiger partial charge in [-0.3, -0.25) is 5.84 Å². The summed E-state index contributed by atoms with van der Waals surface area (Å²) in [6.07, 6.45) is 3.13. The number of nitrogens with two attached hydrogens (primary N) is 1. The molecule has 0 saturated carbocycles. The first-order valence-electron chi connectivity index (χ1n) is 4.62. The Morgan fingerprint density at radius 1 is 1.38 bits per heavy atom. The number of rotatable bonds is 3. The number of nitrogens with one attached hydrogen (secondary N) is 2. The van der Waals surface area contributed by atoms with Gasteiger partial charge in [0, 0.05) is 24.0 Å². The van der Waals surface area contributed by atoms with Crippen molar-refractivity contribution in [3.05, 3.63) is 53.6 Å². The minimum atomic E-state index is -0.667. The topological polar surface area (TPSA) is 66.7 Å².